The molecule has 0 bridgehead atoms. The van der Waals surface area contributed by atoms with E-state index < -0.39 is 6.10 Å². The summed E-state index contributed by atoms with van der Waals surface area (Å²) >= 11 is 0. The smallest absolute Gasteiger partial charge is 0.254 e. The van der Waals surface area contributed by atoms with Gasteiger partial charge in [-0.2, -0.15) is 0 Å². The van der Waals surface area contributed by atoms with Gasteiger partial charge in [0.15, 0.2) is 0 Å². The Bertz CT molecular complexity index is 416. The molecule has 0 saturated heterocycles. The quantitative estimate of drug-likeness (QED) is 0.858. The van der Waals surface area contributed by atoms with Crippen LogP contribution in [0.1, 0.15) is 38.1 Å². The number of hydrogen-bond donors (Lipinski definition) is 1. The Labute approximate surface area is 115 Å². The molecule has 0 heterocycles. The number of aliphatic hydroxyl groups is 1. The number of nitrogens with zero attached hydrogens (tertiary/aromatic N) is 1. The molecule has 0 radical (unpaired) electrons. The number of aliphatic hydroxyl groups excluding tert-OH is 1. The maximum absolute atomic E-state index is 12.4. The lowest BCUT2D eigenvalue weighted by Crippen LogP contribution is -2.41. The third-order valence-corrected chi connectivity index (χ3v) is 2.74. The molecule has 1 aromatic rings. The average Bonchev–Trinajstić information content (AvgIpc) is 2.35. The van der Waals surface area contributed by atoms with E-state index in [1.165, 1.54) is 0 Å². The van der Waals surface area contributed by atoms with E-state index in [-0.39, 0.29) is 11.9 Å². The van der Waals surface area contributed by atoms with Gasteiger partial charge in [0.1, 0.15) is 5.75 Å². The molecule has 0 fully saturated rings. The van der Waals surface area contributed by atoms with Crippen molar-refractivity contribution in [3.8, 4) is 5.75 Å². The van der Waals surface area contributed by atoms with Gasteiger partial charge in [-0.25, -0.2) is 0 Å². The van der Waals surface area contributed by atoms with E-state index in [4.69, 9.17) is 4.74 Å². The maximum atomic E-state index is 12.4. The topological polar surface area (TPSA) is 49.8 Å². The van der Waals surface area contributed by atoms with Gasteiger partial charge in [-0.15, -0.1) is 0 Å². The molecule has 4 heteroatoms. The van der Waals surface area contributed by atoms with Gasteiger partial charge in [0.05, 0.1) is 12.7 Å². The Kier molecular flexibility index (Phi) is 5.83. The van der Waals surface area contributed by atoms with E-state index in [2.05, 4.69) is 0 Å². The Morgan fingerprint density at radius 1 is 1.37 bits per heavy atom. The number of carbonyl (C=O) groups is 1. The first kappa shape index (κ1) is 15.5. The zero-order valence-electron chi connectivity index (χ0n) is 12.1. The third kappa shape index (κ3) is 4.56. The summed E-state index contributed by atoms with van der Waals surface area (Å²) < 4.78 is 5.40. The van der Waals surface area contributed by atoms with Crippen LogP contribution in [-0.2, 0) is 0 Å². The zero-order chi connectivity index (χ0) is 14.4. The summed E-state index contributed by atoms with van der Waals surface area (Å²) in [6, 6.07) is 7.18. The summed E-state index contributed by atoms with van der Waals surface area (Å²) in [5.41, 5.74) is 0.584. The van der Waals surface area contributed by atoms with E-state index >= 15 is 0 Å². The Balaban J connectivity index is 2.92. The van der Waals surface area contributed by atoms with Crippen LogP contribution in [0.15, 0.2) is 24.3 Å². The molecule has 0 aromatic heterocycles. The molecule has 19 heavy (non-hydrogen) atoms. The van der Waals surface area contributed by atoms with E-state index in [0.717, 1.165) is 0 Å². The Morgan fingerprint density at radius 3 is 2.58 bits per heavy atom. The number of ether oxygens (including phenoxy) is 1. The monoisotopic (exact) mass is 265 g/mol. The molecule has 1 N–H and O–H groups in total. The van der Waals surface area contributed by atoms with Crippen molar-refractivity contribution in [3.05, 3.63) is 29.8 Å². The van der Waals surface area contributed by atoms with Crippen LogP contribution in [0.3, 0.4) is 0 Å². The van der Waals surface area contributed by atoms with Crippen molar-refractivity contribution in [3.63, 3.8) is 0 Å². The van der Waals surface area contributed by atoms with E-state index in [0.29, 0.717) is 24.5 Å². The Hall–Kier alpha value is -1.55. The van der Waals surface area contributed by atoms with Crippen LogP contribution >= 0.6 is 0 Å². The lowest BCUT2D eigenvalue weighted by atomic mass is 10.1. The van der Waals surface area contributed by atoms with Crippen LogP contribution in [0.4, 0.5) is 0 Å². The molecule has 0 aliphatic rings. The summed E-state index contributed by atoms with van der Waals surface area (Å²) in [5.74, 6) is 0.603. The van der Waals surface area contributed by atoms with Gasteiger partial charge in [0, 0.05) is 18.2 Å². The highest BCUT2D eigenvalue weighted by molar-refractivity contribution is 5.94. The number of carbonyl (C=O) groups excluding carboxylic acids is 1. The van der Waals surface area contributed by atoms with Gasteiger partial charge in [-0.1, -0.05) is 6.07 Å². The molecule has 1 aromatic carbocycles. The summed E-state index contributed by atoms with van der Waals surface area (Å²) in [4.78, 5) is 14.1. The highest BCUT2D eigenvalue weighted by atomic mass is 16.5. The van der Waals surface area contributed by atoms with Gasteiger partial charge < -0.3 is 14.7 Å². The van der Waals surface area contributed by atoms with Crippen LogP contribution in [-0.4, -0.2) is 41.2 Å². The summed E-state index contributed by atoms with van der Waals surface area (Å²) in [7, 11) is 0. The zero-order valence-corrected chi connectivity index (χ0v) is 12.1. The minimum absolute atomic E-state index is 0.0397. The molecule has 0 spiro atoms. The van der Waals surface area contributed by atoms with Gasteiger partial charge in [0.2, 0.25) is 0 Å². The van der Waals surface area contributed by atoms with E-state index in [9.17, 15) is 9.90 Å². The van der Waals surface area contributed by atoms with Gasteiger partial charge in [-0.3, -0.25) is 4.79 Å². The molecular weight excluding hydrogens is 242 g/mol. The Morgan fingerprint density at radius 2 is 2.05 bits per heavy atom. The molecule has 106 valence electrons. The minimum Gasteiger partial charge on any atom is -0.494 e. The molecule has 0 aliphatic carbocycles. The van der Waals surface area contributed by atoms with Crippen molar-refractivity contribution in [2.75, 3.05) is 13.2 Å². The first-order chi connectivity index (χ1) is 8.95. The SMILES string of the molecule is CCOc1cccc(C(=O)N(CC(C)O)C(C)C)c1. The lowest BCUT2D eigenvalue weighted by molar-refractivity contribution is 0.0578. The fourth-order valence-corrected chi connectivity index (χ4v) is 1.86. The normalized spacial score (nSPS) is 12.3. The van der Waals surface area contributed by atoms with Crippen LogP contribution in [0.25, 0.3) is 0 Å². The highest BCUT2D eigenvalue weighted by Crippen LogP contribution is 2.16. The average molecular weight is 265 g/mol. The van der Waals surface area contributed by atoms with Crippen LogP contribution < -0.4 is 4.74 Å². The van der Waals surface area contributed by atoms with Crippen molar-refractivity contribution in [2.45, 2.75) is 39.8 Å². The molecule has 1 rings (SSSR count). The van der Waals surface area contributed by atoms with Gasteiger partial charge >= 0.3 is 0 Å². The second-order valence-electron chi connectivity index (χ2n) is 4.86. The second kappa shape index (κ2) is 7.14. The fourth-order valence-electron chi connectivity index (χ4n) is 1.86. The fraction of sp³-hybridized carbons (Fsp3) is 0.533. The molecule has 1 unspecified atom stereocenters. The van der Waals surface area contributed by atoms with Crippen molar-refractivity contribution >= 4 is 5.91 Å². The minimum atomic E-state index is -0.540. The van der Waals surface area contributed by atoms with Crippen LogP contribution in [0.5, 0.6) is 5.75 Å². The number of benzene rings is 1. The predicted molar refractivity (Wildman–Crippen MR) is 75.5 cm³/mol. The van der Waals surface area contributed by atoms with E-state index in [1.807, 2.05) is 26.8 Å². The number of rotatable bonds is 6. The first-order valence-electron chi connectivity index (χ1n) is 6.67. The summed E-state index contributed by atoms with van der Waals surface area (Å²) in [5, 5.41) is 9.49. The molecule has 1 atom stereocenters. The first-order valence-corrected chi connectivity index (χ1v) is 6.67. The van der Waals surface area contributed by atoms with Gasteiger partial charge in [-0.05, 0) is 45.9 Å². The molecule has 1 amide bonds. The van der Waals surface area contributed by atoms with Crippen molar-refractivity contribution in [1.82, 2.24) is 4.90 Å². The predicted octanol–water partition coefficient (Wildman–Crippen LogP) is 2.32. The highest BCUT2D eigenvalue weighted by Gasteiger charge is 2.20. The second-order valence-corrected chi connectivity index (χ2v) is 4.86. The molecule has 0 saturated carbocycles. The number of hydrogen-bond acceptors (Lipinski definition) is 3. The van der Waals surface area contributed by atoms with Crippen LogP contribution in [0, 0.1) is 0 Å². The van der Waals surface area contributed by atoms with Crippen molar-refractivity contribution in [1.29, 1.82) is 0 Å². The van der Waals surface area contributed by atoms with Crippen LogP contribution in [0.2, 0.25) is 0 Å². The van der Waals surface area contributed by atoms with Gasteiger partial charge in [0.25, 0.3) is 5.91 Å². The van der Waals surface area contributed by atoms with Crippen molar-refractivity contribution < 1.29 is 14.6 Å². The standard InChI is InChI=1S/C15H23NO3/c1-5-19-14-8-6-7-13(9-14)15(18)16(11(2)3)10-12(4)17/h6-9,11-12,17H,5,10H2,1-4H3. The number of amides is 1. The molecule has 4 nitrogen and oxygen atoms in total. The lowest BCUT2D eigenvalue weighted by Gasteiger charge is -2.28. The van der Waals surface area contributed by atoms with E-state index in [1.54, 1.807) is 30.0 Å². The third-order valence-electron chi connectivity index (χ3n) is 2.74. The van der Waals surface area contributed by atoms with Crippen molar-refractivity contribution in [2.24, 2.45) is 0 Å². The molecule has 0 aliphatic heterocycles. The summed E-state index contributed by atoms with van der Waals surface area (Å²) in [6.07, 6.45) is -0.540. The summed E-state index contributed by atoms with van der Waals surface area (Å²) in [6.45, 7) is 8.36. The largest absolute Gasteiger partial charge is 0.494 e. The maximum Gasteiger partial charge on any atom is 0.254 e. The molecular formula is C15H23NO3.